The molecule has 4 atom stereocenters. The zero-order valence-electron chi connectivity index (χ0n) is 18.9. The highest BCUT2D eigenvalue weighted by Gasteiger charge is 2.30. The van der Waals surface area contributed by atoms with Crippen LogP contribution < -0.4 is 44.6 Å². The maximum Gasteiger partial charge on any atom is 0.328 e. The number of hydrogen-bond acceptors (Lipinski definition) is 9. The summed E-state index contributed by atoms with van der Waals surface area (Å²) in [5.74, 6) is -6.16. The van der Waals surface area contributed by atoms with E-state index in [1.807, 2.05) is 5.32 Å². The van der Waals surface area contributed by atoms with Gasteiger partial charge in [0.05, 0.1) is 19.1 Å². The molecule has 0 aliphatic rings. The molecule has 17 heteroatoms. The molecule has 17 nitrogen and oxygen atoms in total. The largest absolute Gasteiger partial charge is 0.480 e. The summed E-state index contributed by atoms with van der Waals surface area (Å²) >= 11 is 0. The highest BCUT2D eigenvalue weighted by Crippen LogP contribution is 2.04. The number of nitrogens with two attached hydrogens (primary N) is 5. The van der Waals surface area contributed by atoms with Crippen molar-refractivity contribution < 1.29 is 39.0 Å². The Morgan fingerprint density at radius 3 is 1.74 bits per heavy atom. The Hall–Kier alpha value is -3.99. The van der Waals surface area contributed by atoms with Crippen molar-refractivity contribution in [1.82, 2.24) is 16.0 Å². The van der Waals surface area contributed by atoms with Crippen LogP contribution in [0.3, 0.4) is 0 Å². The number of aliphatic imine (C=N–C) groups is 1. The molecule has 0 aliphatic heterocycles. The number of nitrogens with one attached hydrogen (secondary N) is 3. The summed E-state index contributed by atoms with van der Waals surface area (Å²) in [5, 5.41) is 24.8. The average molecular weight is 504 g/mol. The van der Waals surface area contributed by atoms with Gasteiger partial charge in [-0.25, -0.2) is 4.79 Å². The van der Waals surface area contributed by atoms with Gasteiger partial charge in [-0.05, 0) is 19.3 Å². The molecule has 0 aromatic rings. The summed E-state index contributed by atoms with van der Waals surface area (Å²) in [6, 6.07) is -5.75. The summed E-state index contributed by atoms with van der Waals surface area (Å²) in [5.41, 5.74) is 26.2. The van der Waals surface area contributed by atoms with Crippen LogP contribution >= 0.6 is 0 Å². The zero-order valence-corrected chi connectivity index (χ0v) is 18.9. The number of carboxylic acid groups (broad SMARTS) is 1. The fraction of sp³-hybridized carbons (Fsp3) is 0.611. The summed E-state index contributed by atoms with van der Waals surface area (Å²) in [4.78, 5) is 74.7. The molecule has 0 saturated heterocycles. The molecular weight excluding hydrogens is 470 g/mol. The van der Waals surface area contributed by atoms with Gasteiger partial charge in [-0.3, -0.25) is 29.0 Å². The van der Waals surface area contributed by atoms with E-state index in [2.05, 4.69) is 15.6 Å². The minimum Gasteiger partial charge on any atom is -0.480 e. The van der Waals surface area contributed by atoms with Crippen LogP contribution in [0.15, 0.2) is 4.99 Å². The normalized spacial score (nSPS) is 13.9. The minimum atomic E-state index is -1.67. The molecule has 0 bridgehead atoms. The SMILES string of the molecule is NC(=O)CCC(NC(=O)C(CCCN=C(N)N)NC(=O)C(N)CC(N)=O)C(=O)NC(CO)C(=O)O. The van der Waals surface area contributed by atoms with Gasteiger partial charge in [0.2, 0.25) is 29.5 Å². The van der Waals surface area contributed by atoms with Crippen LogP contribution in [-0.4, -0.2) is 89.0 Å². The van der Waals surface area contributed by atoms with Crippen LogP contribution in [0, 0.1) is 0 Å². The Bertz CT molecular complexity index is 816. The predicted molar refractivity (Wildman–Crippen MR) is 121 cm³/mol. The van der Waals surface area contributed by atoms with E-state index in [0.29, 0.717) is 0 Å². The van der Waals surface area contributed by atoms with Crippen molar-refractivity contribution in [3.05, 3.63) is 0 Å². The van der Waals surface area contributed by atoms with E-state index in [1.54, 1.807) is 0 Å². The van der Waals surface area contributed by atoms with Gasteiger partial charge < -0.3 is 54.8 Å². The number of aliphatic carboxylic acids is 1. The standard InChI is InChI=1S/C18H33N9O8/c19-8(6-13(21)30)14(31)25-9(2-1-5-24-18(22)23)15(32)26-10(3-4-12(20)29)16(33)27-11(7-28)17(34)35/h8-11,28H,1-7,19H2,(H2,20,29)(H2,21,30)(H,25,31)(H,26,32)(H,27,33)(H,34,35)(H4,22,23,24). The van der Waals surface area contributed by atoms with Crippen LogP contribution in [0.25, 0.3) is 0 Å². The third kappa shape index (κ3) is 13.3. The molecule has 0 fully saturated rings. The number of hydrogen-bond donors (Lipinski definition) is 10. The lowest BCUT2D eigenvalue weighted by Gasteiger charge is -2.24. The zero-order chi connectivity index (χ0) is 27.1. The number of primary amides is 2. The maximum absolute atomic E-state index is 12.9. The van der Waals surface area contributed by atoms with Gasteiger partial charge >= 0.3 is 5.97 Å². The number of carbonyl (C=O) groups excluding carboxylic acids is 5. The Morgan fingerprint density at radius 1 is 0.771 bits per heavy atom. The fourth-order valence-corrected chi connectivity index (χ4v) is 2.65. The van der Waals surface area contributed by atoms with Crippen LogP contribution in [-0.2, 0) is 28.8 Å². The molecule has 0 rings (SSSR count). The molecule has 15 N–H and O–H groups in total. The van der Waals surface area contributed by atoms with Crippen molar-refractivity contribution in [3.8, 4) is 0 Å². The average Bonchev–Trinajstić information content (AvgIpc) is 2.75. The molecule has 0 heterocycles. The second-order valence-corrected chi connectivity index (χ2v) is 7.44. The molecule has 4 unspecified atom stereocenters. The fourth-order valence-electron chi connectivity index (χ4n) is 2.65. The van der Waals surface area contributed by atoms with Crippen molar-refractivity contribution in [2.24, 2.45) is 33.7 Å². The Kier molecular flexibility index (Phi) is 14.0. The van der Waals surface area contributed by atoms with E-state index in [0.717, 1.165) is 0 Å². The van der Waals surface area contributed by atoms with Gasteiger partial charge in [-0.15, -0.1) is 0 Å². The van der Waals surface area contributed by atoms with E-state index in [-0.39, 0.29) is 38.2 Å². The molecule has 35 heavy (non-hydrogen) atoms. The van der Waals surface area contributed by atoms with Crippen molar-refractivity contribution in [1.29, 1.82) is 0 Å². The Labute approximate surface area is 200 Å². The highest BCUT2D eigenvalue weighted by atomic mass is 16.4. The lowest BCUT2D eigenvalue weighted by atomic mass is 10.1. The highest BCUT2D eigenvalue weighted by molar-refractivity contribution is 5.95. The molecule has 0 radical (unpaired) electrons. The van der Waals surface area contributed by atoms with Crippen molar-refractivity contribution in [2.75, 3.05) is 13.2 Å². The van der Waals surface area contributed by atoms with Gasteiger partial charge in [-0.2, -0.15) is 0 Å². The molecule has 0 aromatic heterocycles. The number of nitrogens with zero attached hydrogens (tertiary/aromatic N) is 1. The molecule has 0 aromatic carbocycles. The quantitative estimate of drug-likeness (QED) is 0.0505. The number of amides is 5. The molecule has 5 amide bonds. The number of aliphatic hydroxyl groups is 1. The third-order valence-corrected chi connectivity index (χ3v) is 4.45. The summed E-state index contributed by atoms with van der Waals surface area (Å²) in [7, 11) is 0. The second-order valence-electron chi connectivity index (χ2n) is 7.44. The van der Waals surface area contributed by atoms with E-state index in [9.17, 15) is 28.8 Å². The van der Waals surface area contributed by atoms with E-state index >= 15 is 0 Å². The maximum atomic E-state index is 12.9. The topological polar surface area (TPSA) is 321 Å². The van der Waals surface area contributed by atoms with Crippen molar-refractivity contribution >= 4 is 41.5 Å². The number of carbonyl (C=O) groups is 6. The first-order chi connectivity index (χ1) is 16.3. The van der Waals surface area contributed by atoms with Gasteiger partial charge in [0, 0.05) is 13.0 Å². The van der Waals surface area contributed by atoms with Crippen molar-refractivity contribution in [3.63, 3.8) is 0 Å². The summed E-state index contributed by atoms with van der Waals surface area (Å²) in [6.45, 7) is -0.837. The minimum absolute atomic E-state index is 0.0316. The van der Waals surface area contributed by atoms with E-state index < -0.39 is 72.7 Å². The predicted octanol–water partition coefficient (Wildman–Crippen LogP) is -5.96. The van der Waals surface area contributed by atoms with E-state index in [4.69, 9.17) is 38.9 Å². The van der Waals surface area contributed by atoms with Gasteiger partial charge in [0.15, 0.2) is 5.96 Å². The Morgan fingerprint density at radius 2 is 1.29 bits per heavy atom. The molecule has 0 saturated carbocycles. The number of guanidine groups is 1. The van der Waals surface area contributed by atoms with Gasteiger partial charge in [0.25, 0.3) is 0 Å². The number of aliphatic hydroxyl groups excluding tert-OH is 1. The first-order valence-electron chi connectivity index (χ1n) is 10.4. The number of rotatable bonds is 17. The molecule has 198 valence electrons. The smallest absolute Gasteiger partial charge is 0.328 e. The van der Waals surface area contributed by atoms with Crippen LogP contribution in [0.4, 0.5) is 0 Å². The van der Waals surface area contributed by atoms with E-state index in [1.165, 1.54) is 0 Å². The lowest BCUT2D eigenvalue weighted by Crippen LogP contribution is -2.57. The van der Waals surface area contributed by atoms with Gasteiger partial charge in [-0.1, -0.05) is 0 Å². The first kappa shape index (κ1) is 31.0. The second kappa shape index (κ2) is 15.8. The lowest BCUT2D eigenvalue weighted by molar-refractivity contribution is -0.143. The monoisotopic (exact) mass is 503 g/mol. The molecule has 0 aliphatic carbocycles. The van der Waals surface area contributed by atoms with Crippen molar-refractivity contribution in [2.45, 2.75) is 56.3 Å². The first-order valence-corrected chi connectivity index (χ1v) is 10.4. The third-order valence-electron chi connectivity index (χ3n) is 4.45. The molecular formula is C18H33N9O8. The van der Waals surface area contributed by atoms with Crippen LogP contribution in [0.5, 0.6) is 0 Å². The Balaban J connectivity index is 5.60. The summed E-state index contributed by atoms with van der Waals surface area (Å²) in [6.07, 6.45) is -0.975. The van der Waals surface area contributed by atoms with Gasteiger partial charge in [0.1, 0.15) is 18.1 Å². The molecule has 0 spiro atoms. The van der Waals surface area contributed by atoms with Crippen LogP contribution in [0.2, 0.25) is 0 Å². The summed E-state index contributed by atoms with van der Waals surface area (Å²) < 4.78 is 0. The number of carboxylic acids is 1. The van der Waals surface area contributed by atoms with Crippen LogP contribution in [0.1, 0.15) is 32.1 Å².